The van der Waals surface area contributed by atoms with Gasteiger partial charge in [-0.05, 0) is 32.2 Å². The van der Waals surface area contributed by atoms with Gasteiger partial charge in [0, 0.05) is 12.1 Å². The molecule has 1 nitrogen and oxygen atoms in total. The highest BCUT2D eigenvalue weighted by molar-refractivity contribution is 4.77. The molecule has 2 atom stereocenters. The summed E-state index contributed by atoms with van der Waals surface area (Å²) in [6, 6.07) is 1.64. The molecule has 0 fully saturated rings. The second-order valence-electron chi connectivity index (χ2n) is 5.24. The molecule has 0 aromatic rings. The van der Waals surface area contributed by atoms with E-state index in [1.54, 1.807) is 0 Å². The van der Waals surface area contributed by atoms with E-state index in [1.165, 1.54) is 57.9 Å². The van der Waals surface area contributed by atoms with Gasteiger partial charge in [-0.2, -0.15) is 0 Å². The zero-order valence-corrected chi connectivity index (χ0v) is 13.0. The summed E-state index contributed by atoms with van der Waals surface area (Å²) in [6.07, 6.45) is 10.9. The van der Waals surface area contributed by atoms with E-state index in [-0.39, 0.29) is 0 Å². The van der Waals surface area contributed by atoms with Crippen LogP contribution in [0.2, 0.25) is 0 Å². The van der Waals surface area contributed by atoms with Crippen molar-refractivity contribution in [1.29, 1.82) is 0 Å². The molecule has 0 radical (unpaired) electrons. The van der Waals surface area contributed by atoms with Crippen LogP contribution in [-0.4, -0.2) is 23.5 Å². The molecule has 0 rings (SSSR count). The molecule has 2 unspecified atom stereocenters. The van der Waals surface area contributed by atoms with Crippen molar-refractivity contribution in [3.05, 3.63) is 0 Å². The van der Waals surface area contributed by atoms with E-state index in [9.17, 15) is 0 Å². The third kappa shape index (κ3) is 6.45. The van der Waals surface area contributed by atoms with Gasteiger partial charge in [-0.15, -0.1) is 0 Å². The number of rotatable bonds is 11. The van der Waals surface area contributed by atoms with Crippen LogP contribution in [-0.2, 0) is 0 Å². The van der Waals surface area contributed by atoms with Gasteiger partial charge in [-0.25, -0.2) is 0 Å². The van der Waals surface area contributed by atoms with Crippen molar-refractivity contribution in [3.8, 4) is 0 Å². The quantitative estimate of drug-likeness (QED) is 0.478. The van der Waals surface area contributed by atoms with Gasteiger partial charge >= 0.3 is 0 Å². The third-order valence-electron chi connectivity index (χ3n) is 4.03. The number of hydrogen-bond donors (Lipinski definition) is 0. The van der Waals surface area contributed by atoms with Crippen molar-refractivity contribution in [1.82, 2.24) is 4.90 Å². The topological polar surface area (TPSA) is 3.24 Å². The van der Waals surface area contributed by atoms with E-state index in [0.717, 1.165) is 12.1 Å². The smallest absolute Gasteiger partial charge is 0.00954 e. The fourth-order valence-corrected chi connectivity index (χ4v) is 2.90. The molecule has 0 heterocycles. The Hall–Kier alpha value is -0.0400. The lowest BCUT2D eigenvalue weighted by molar-refractivity contribution is 0.116. The van der Waals surface area contributed by atoms with Crippen LogP contribution in [0.1, 0.15) is 86.0 Å². The Kier molecular flexibility index (Phi) is 11.0. The Morgan fingerprint density at radius 3 is 1.35 bits per heavy atom. The fourth-order valence-electron chi connectivity index (χ4n) is 2.90. The van der Waals surface area contributed by atoms with E-state index in [0.29, 0.717) is 0 Å². The first kappa shape index (κ1) is 17.0. The molecule has 1 heteroatoms. The zero-order chi connectivity index (χ0) is 13.1. The maximum atomic E-state index is 2.78. The summed E-state index contributed by atoms with van der Waals surface area (Å²) < 4.78 is 0. The predicted octanol–water partition coefficient (Wildman–Crippen LogP) is 5.25. The Bertz CT molecular complexity index is 140. The lowest BCUT2D eigenvalue weighted by atomic mass is 9.99. The molecule has 104 valence electrons. The van der Waals surface area contributed by atoms with Gasteiger partial charge in [-0.1, -0.05) is 60.3 Å². The minimum atomic E-state index is 0.821. The van der Waals surface area contributed by atoms with Crippen LogP contribution >= 0.6 is 0 Å². The van der Waals surface area contributed by atoms with Crippen LogP contribution in [0.25, 0.3) is 0 Å². The van der Waals surface area contributed by atoms with Crippen LogP contribution in [0.15, 0.2) is 0 Å². The molecule has 0 aromatic carbocycles. The molecule has 0 saturated heterocycles. The molecule has 0 spiro atoms. The predicted molar refractivity (Wildman–Crippen MR) is 79.6 cm³/mol. The standard InChI is InChI=1S/C16H35N/c1-6-11-13-15(8-3)17(10-5)16(9-4)14-12-7-2/h15-16H,6-14H2,1-5H3. The van der Waals surface area contributed by atoms with E-state index in [1.807, 2.05) is 0 Å². The van der Waals surface area contributed by atoms with E-state index >= 15 is 0 Å². The Balaban J connectivity index is 4.38. The fraction of sp³-hybridized carbons (Fsp3) is 1.00. The highest BCUT2D eigenvalue weighted by Crippen LogP contribution is 2.20. The highest BCUT2D eigenvalue weighted by Gasteiger charge is 2.21. The maximum Gasteiger partial charge on any atom is 0.00954 e. The molecule has 0 aliphatic rings. The van der Waals surface area contributed by atoms with Crippen molar-refractivity contribution in [2.75, 3.05) is 6.54 Å². The lowest BCUT2D eigenvalue weighted by Gasteiger charge is -2.37. The van der Waals surface area contributed by atoms with Crippen LogP contribution in [0.3, 0.4) is 0 Å². The van der Waals surface area contributed by atoms with Gasteiger partial charge in [0.25, 0.3) is 0 Å². The summed E-state index contributed by atoms with van der Waals surface area (Å²) in [4.78, 5) is 2.78. The second kappa shape index (κ2) is 11.1. The lowest BCUT2D eigenvalue weighted by Crippen LogP contribution is -2.42. The van der Waals surface area contributed by atoms with Gasteiger partial charge in [0.05, 0.1) is 0 Å². The first-order valence-electron chi connectivity index (χ1n) is 8.00. The number of nitrogens with zero attached hydrogens (tertiary/aromatic N) is 1. The summed E-state index contributed by atoms with van der Waals surface area (Å²) in [5.74, 6) is 0. The molecule has 17 heavy (non-hydrogen) atoms. The number of hydrogen-bond acceptors (Lipinski definition) is 1. The van der Waals surface area contributed by atoms with Crippen molar-refractivity contribution >= 4 is 0 Å². The minimum absolute atomic E-state index is 0.821. The summed E-state index contributed by atoms with van der Waals surface area (Å²) in [7, 11) is 0. The Morgan fingerprint density at radius 1 is 0.706 bits per heavy atom. The van der Waals surface area contributed by atoms with Gasteiger partial charge in [0.1, 0.15) is 0 Å². The van der Waals surface area contributed by atoms with E-state index in [4.69, 9.17) is 0 Å². The molecular weight excluding hydrogens is 206 g/mol. The first-order valence-corrected chi connectivity index (χ1v) is 8.00. The van der Waals surface area contributed by atoms with Crippen LogP contribution < -0.4 is 0 Å². The van der Waals surface area contributed by atoms with Crippen molar-refractivity contribution < 1.29 is 0 Å². The minimum Gasteiger partial charge on any atom is -0.298 e. The van der Waals surface area contributed by atoms with Gasteiger partial charge < -0.3 is 0 Å². The third-order valence-corrected chi connectivity index (χ3v) is 4.03. The van der Waals surface area contributed by atoms with Gasteiger partial charge in [0.15, 0.2) is 0 Å². The first-order chi connectivity index (χ1) is 8.24. The normalized spacial score (nSPS) is 15.2. The van der Waals surface area contributed by atoms with Crippen molar-refractivity contribution in [3.63, 3.8) is 0 Å². The molecule has 0 aromatic heterocycles. The molecule has 0 saturated carbocycles. The molecule has 0 N–H and O–H groups in total. The van der Waals surface area contributed by atoms with Crippen LogP contribution in [0, 0.1) is 0 Å². The van der Waals surface area contributed by atoms with Crippen molar-refractivity contribution in [2.45, 2.75) is 98.1 Å². The molecular formula is C16H35N. The molecule has 0 aliphatic heterocycles. The average Bonchev–Trinajstić information content (AvgIpc) is 2.37. The maximum absolute atomic E-state index is 2.78. The van der Waals surface area contributed by atoms with Gasteiger partial charge in [0.2, 0.25) is 0 Å². The van der Waals surface area contributed by atoms with E-state index in [2.05, 4.69) is 39.5 Å². The SMILES string of the molecule is CCCCC(CC)N(CC)C(CC)CCCC. The Morgan fingerprint density at radius 2 is 1.12 bits per heavy atom. The summed E-state index contributed by atoms with van der Waals surface area (Å²) in [5.41, 5.74) is 0. The second-order valence-corrected chi connectivity index (χ2v) is 5.24. The molecule has 0 amide bonds. The average molecular weight is 241 g/mol. The summed E-state index contributed by atoms with van der Waals surface area (Å²) in [6.45, 7) is 12.9. The molecule has 0 bridgehead atoms. The zero-order valence-electron chi connectivity index (χ0n) is 13.0. The highest BCUT2D eigenvalue weighted by atomic mass is 15.2. The summed E-state index contributed by atoms with van der Waals surface area (Å²) in [5, 5.41) is 0. The largest absolute Gasteiger partial charge is 0.298 e. The Labute approximate surface area is 110 Å². The monoisotopic (exact) mass is 241 g/mol. The van der Waals surface area contributed by atoms with Crippen LogP contribution in [0.5, 0.6) is 0 Å². The van der Waals surface area contributed by atoms with Crippen molar-refractivity contribution in [2.24, 2.45) is 0 Å². The van der Waals surface area contributed by atoms with Gasteiger partial charge in [-0.3, -0.25) is 4.90 Å². The molecule has 0 aliphatic carbocycles. The number of unbranched alkanes of at least 4 members (excludes halogenated alkanes) is 2. The van der Waals surface area contributed by atoms with Crippen LogP contribution in [0.4, 0.5) is 0 Å². The van der Waals surface area contributed by atoms with E-state index < -0.39 is 0 Å². The summed E-state index contributed by atoms with van der Waals surface area (Å²) >= 11 is 0.